The molecule has 0 saturated carbocycles. The number of benzene rings is 7. The third kappa shape index (κ3) is 5.06. The lowest BCUT2D eigenvalue weighted by atomic mass is 10.1. The van der Waals surface area contributed by atoms with Gasteiger partial charge < -0.3 is 13.7 Å². The molecule has 0 radical (unpaired) electrons. The van der Waals surface area contributed by atoms with Crippen molar-refractivity contribution in [3.8, 4) is 50.8 Å². The maximum atomic E-state index is 14.6. The van der Waals surface area contributed by atoms with Gasteiger partial charge in [-0.05, 0) is 108 Å². The quantitative estimate of drug-likeness (QED) is 0.164. The fourth-order valence-electron chi connectivity index (χ4n) is 7.91. The topological polar surface area (TPSA) is 14.8 Å². The molecule has 54 heavy (non-hydrogen) atoms. The lowest BCUT2D eigenvalue weighted by molar-refractivity contribution is 0.627. The van der Waals surface area contributed by atoms with Gasteiger partial charge >= 0.3 is 0 Å². The summed E-state index contributed by atoms with van der Waals surface area (Å²) in [5.41, 5.74) is 10.9. The van der Waals surface area contributed by atoms with Crippen LogP contribution in [0.5, 0.6) is 0 Å². The van der Waals surface area contributed by atoms with Gasteiger partial charge in [-0.1, -0.05) is 91.0 Å². The summed E-state index contributed by atoms with van der Waals surface area (Å²) in [4.78, 5) is 0. The first-order valence-corrected chi connectivity index (χ1v) is 17.8. The predicted octanol–water partition coefficient (Wildman–Crippen LogP) is 12.9. The van der Waals surface area contributed by atoms with Crippen molar-refractivity contribution >= 4 is 32.7 Å². The van der Waals surface area contributed by atoms with Gasteiger partial charge in [0, 0.05) is 33.2 Å². The zero-order valence-electron chi connectivity index (χ0n) is 28.8. The van der Waals surface area contributed by atoms with E-state index in [1.807, 2.05) is 54.6 Å². The highest BCUT2D eigenvalue weighted by atomic mass is 19.1. The summed E-state index contributed by atoms with van der Waals surface area (Å²) in [6.07, 6.45) is 0. The summed E-state index contributed by atoms with van der Waals surface area (Å²) < 4.78 is 50.3. The molecule has 3 aromatic heterocycles. The Balaban J connectivity index is 1.49. The summed E-state index contributed by atoms with van der Waals surface area (Å²) in [5, 5.41) is 2.88. The number of nitrogens with zero attached hydrogens (tertiary/aromatic N) is 3. The summed E-state index contributed by atoms with van der Waals surface area (Å²) >= 11 is 0. The van der Waals surface area contributed by atoms with Gasteiger partial charge in [0.1, 0.15) is 17.5 Å². The normalized spacial score (nSPS) is 11.6. The Morgan fingerprint density at radius 1 is 0.278 bits per heavy atom. The van der Waals surface area contributed by atoms with Crippen LogP contribution in [-0.4, -0.2) is 13.7 Å². The number of fused-ring (bicyclic) bond motifs is 6. The number of rotatable bonds is 6. The van der Waals surface area contributed by atoms with Crippen LogP contribution in [0.15, 0.2) is 182 Å². The average Bonchev–Trinajstić information content (AvgIpc) is 3.93. The van der Waals surface area contributed by atoms with Gasteiger partial charge in [0.15, 0.2) is 0 Å². The van der Waals surface area contributed by atoms with E-state index in [0.717, 1.165) is 83.5 Å². The Morgan fingerprint density at radius 3 is 0.759 bits per heavy atom. The molecule has 258 valence electrons. The molecular weight excluding hydrogens is 676 g/mol. The molecule has 0 fully saturated rings. The monoisotopic (exact) mass is 705 g/mol. The molecule has 0 aliphatic rings. The third-order valence-electron chi connectivity index (χ3n) is 10.2. The first kappa shape index (κ1) is 31.7. The first-order chi connectivity index (χ1) is 26.5. The zero-order valence-corrected chi connectivity index (χ0v) is 28.8. The fourth-order valence-corrected chi connectivity index (χ4v) is 7.91. The van der Waals surface area contributed by atoms with E-state index in [1.54, 1.807) is 36.4 Å². The highest BCUT2D eigenvalue weighted by Gasteiger charge is 2.27. The molecule has 0 amide bonds. The molecule has 0 aliphatic carbocycles. The van der Waals surface area contributed by atoms with Crippen LogP contribution in [0.1, 0.15) is 0 Å². The molecule has 7 aromatic carbocycles. The highest BCUT2D eigenvalue weighted by molar-refractivity contribution is 6.27. The molecule has 3 nitrogen and oxygen atoms in total. The van der Waals surface area contributed by atoms with Crippen molar-refractivity contribution in [3.05, 3.63) is 199 Å². The maximum absolute atomic E-state index is 14.6. The van der Waals surface area contributed by atoms with Crippen LogP contribution >= 0.6 is 0 Å². The molecule has 3 heterocycles. The van der Waals surface area contributed by atoms with E-state index in [9.17, 15) is 13.2 Å². The van der Waals surface area contributed by atoms with E-state index < -0.39 is 0 Å². The first-order valence-electron chi connectivity index (χ1n) is 17.8. The minimum atomic E-state index is -0.324. The van der Waals surface area contributed by atoms with Crippen molar-refractivity contribution in [2.45, 2.75) is 0 Å². The molecule has 0 unspecified atom stereocenters. The molecule has 0 N–H and O–H groups in total. The van der Waals surface area contributed by atoms with Gasteiger partial charge in [-0.2, -0.15) is 0 Å². The predicted molar refractivity (Wildman–Crippen MR) is 213 cm³/mol. The van der Waals surface area contributed by atoms with Crippen molar-refractivity contribution in [1.29, 1.82) is 0 Å². The van der Waals surface area contributed by atoms with Crippen molar-refractivity contribution in [2.24, 2.45) is 0 Å². The lowest BCUT2D eigenvalue weighted by Crippen LogP contribution is -2.00. The minimum Gasteiger partial charge on any atom is -0.308 e. The second kappa shape index (κ2) is 12.6. The van der Waals surface area contributed by atoms with Crippen LogP contribution in [0.25, 0.3) is 83.5 Å². The Bertz CT molecular complexity index is 2600. The maximum Gasteiger partial charge on any atom is 0.123 e. The van der Waals surface area contributed by atoms with Gasteiger partial charge in [0.05, 0.1) is 33.6 Å². The van der Waals surface area contributed by atoms with Gasteiger partial charge in [-0.3, -0.25) is 0 Å². The third-order valence-corrected chi connectivity index (χ3v) is 10.2. The van der Waals surface area contributed by atoms with Crippen molar-refractivity contribution in [3.63, 3.8) is 0 Å². The second-order valence-electron chi connectivity index (χ2n) is 13.4. The number of aromatic nitrogens is 3. The van der Waals surface area contributed by atoms with Gasteiger partial charge in [0.2, 0.25) is 0 Å². The van der Waals surface area contributed by atoms with E-state index in [2.05, 4.69) is 68.3 Å². The van der Waals surface area contributed by atoms with Crippen LogP contribution in [0.4, 0.5) is 13.2 Å². The SMILES string of the molecule is Fc1ccc(-n2c(-c3ccccc3)cc3c2c2cc(-c4ccccc4)n(-c4ccc(F)cc4)c2c2cc(-c4ccccc4)n(-c4ccc(F)cc4)c32)cc1. The Kier molecular flexibility index (Phi) is 7.37. The van der Waals surface area contributed by atoms with Crippen molar-refractivity contribution < 1.29 is 13.2 Å². The smallest absolute Gasteiger partial charge is 0.123 e. The summed E-state index contributed by atoms with van der Waals surface area (Å²) in [7, 11) is 0. The Morgan fingerprint density at radius 2 is 0.519 bits per heavy atom. The molecule has 0 atom stereocenters. The standard InChI is InChI=1S/C48H30F3N3/c49-34-16-22-37(23-17-34)52-43(31-10-4-1-5-11-31)28-40-46(52)41-29-44(32-12-6-2-7-13-32)54(39-26-20-36(51)21-27-39)48(41)42-30-45(33-14-8-3-9-15-33)53(47(40)42)38-24-18-35(50)19-25-38/h1-30H. The van der Waals surface area contributed by atoms with Crippen LogP contribution in [0.2, 0.25) is 0 Å². The van der Waals surface area contributed by atoms with Crippen molar-refractivity contribution in [2.75, 3.05) is 0 Å². The minimum absolute atomic E-state index is 0.324. The molecule has 0 bridgehead atoms. The van der Waals surface area contributed by atoms with E-state index in [-0.39, 0.29) is 17.5 Å². The second-order valence-corrected chi connectivity index (χ2v) is 13.4. The zero-order chi connectivity index (χ0) is 36.3. The van der Waals surface area contributed by atoms with Crippen LogP contribution in [0.3, 0.4) is 0 Å². The molecule has 10 aromatic rings. The fraction of sp³-hybridized carbons (Fsp3) is 0. The molecular formula is C48H30F3N3. The summed E-state index contributed by atoms with van der Waals surface area (Å²) in [5.74, 6) is -0.971. The van der Waals surface area contributed by atoms with Crippen LogP contribution < -0.4 is 0 Å². The van der Waals surface area contributed by atoms with Crippen molar-refractivity contribution in [1.82, 2.24) is 13.7 Å². The summed E-state index contributed by atoms with van der Waals surface area (Å²) in [6, 6.07) is 56.9. The van der Waals surface area contributed by atoms with Gasteiger partial charge in [-0.15, -0.1) is 0 Å². The van der Waals surface area contributed by atoms with E-state index in [4.69, 9.17) is 0 Å². The van der Waals surface area contributed by atoms with E-state index >= 15 is 0 Å². The molecule has 10 rings (SSSR count). The molecule has 0 spiro atoms. The Hall–Kier alpha value is -7.05. The highest BCUT2D eigenvalue weighted by Crippen LogP contribution is 2.47. The summed E-state index contributed by atoms with van der Waals surface area (Å²) in [6.45, 7) is 0. The number of hydrogen-bond acceptors (Lipinski definition) is 0. The van der Waals surface area contributed by atoms with E-state index in [1.165, 1.54) is 36.4 Å². The van der Waals surface area contributed by atoms with Gasteiger partial charge in [-0.25, -0.2) is 13.2 Å². The average molecular weight is 706 g/mol. The molecule has 6 heteroatoms. The number of hydrogen-bond donors (Lipinski definition) is 0. The van der Waals surface area contributed by atoms with Gasteiger partial charge in [0.25, 0.3) is 0 Å². The Labute approximate surface area is 309 Å². The van der Waals surface area contributed by atoms with E-state index in [0.29, 0.717) is 0 Å². The van der Waals surface area contributed by atoms with Crippen LogP contribution in [-0.2, 0) is 0 Å². The largest absolute Gasteiger partial charge is 0.308 e. The van der Waals surface area contributed by atoms with Crippen LogP contribution in [0, 0.1) is 17.5 Å². The lowest BCUT2D eigenvalue weighted by Gasteiger charge is -2.15. The number of halogens is 3. The molecule has 0 aliphatic heterocycles. The molecule has 0 saturated heterocycles.